The first-order valence-electron chi connectivity index (χ1n) is 6.55. The van der Waals surface area contributed by atoms with Crippen LogP contribution in [-0.2, 0) is 11.1 Å². The first-order valence-corrected chi connectivity index (χ1v) is 7.81. The van der Waals surface area contributed by atoms with Gasteiger partial charge >= 0.3 is 0 Å². The summed E-state index contributed by atoms with van der Waals surface area (Å²) in [6.07, 6.45) is 0.217. The van der Waals surface area contributed by atoms with E-state index in [1.807, 2.05) is 12.1 Å². The Morgan fingerprint density at radius 3 is 2.11 bits per heavy atom. The van der Waals surface area contributed by atoms with Crippen LogP contribution in [0.25, 0.3) is 0 Å². The molecule has 3 heteroatoms. The molecule has 0 radical (unpaired) electrons. The van der Waals surface area contributed by atoms with Crippen molar-refractivity contribution in [2.45, 2.75) is 26.5 Å². The van der Waals surface area contributed by atoms with Gasteiger partial charge in [-0.2, -0.15) is 0 Å². The molecule has 0 aliphatic carbocycles. The van der Waals surface area contributed by atoms with Crippen molar-refractivity contribution in [3.63, 3.8) is 0 Å². The molecule has 0 aliphatic heterocycles. The molecule has 2 rings (SSSR count). The van der Waals surface area contributed by atoms with Crippen molar-refractivity contribution >= 4 is 13.6 Å². The van der Waals surface area contributed by atoms with Gasteiger partial charge in [-0.3, -0.25) is 5.09 Å². The number of hydrogen-bond acceptors (Lipinski definition) is 2. The van der Waals surface area contributed by atoms with Crippen LogP contribution in [0.2, 0.25) is 0 Å². The molecule has 0 bridgehead atoms. The van der Waals surface area contributed by atoms with E-state index in [-0.39, 0.29) is 6.10 Å². The minimum Gasteiger partial charge on any atom is -0.337 e. The van der Waals surface area contributed by atoms with Gasteiger partial charge in [-0.15, -0.1) is 0 Å². The molecule has 0 spiro atoms. The summed E-state index contributed by atoms with van der Waals surface area (Å²) >= 11 is 0. The Bertz CT molecular complexity index is 473. The Kier molecular flexibility index (Phi) is 5.53. The number of hydrogen-bond donors (Lipinski definition) is 1. The molecule has 0 aromatic heterocycles. The molecular formula is C16H20NOP. The summed E-state index contributed by atoms with van der Waals surface area (Å²) in [5.74, 6) is 0. The molecule has 2 aromatic carbocycles. The zero-order chi connectivity index (χ0) is 13.5. The van der Waals surface area contributed by atoms with E-state index in [4.69, 9.17) is 4.52 Å². The normalized spacial score (nSPS) is 12.6. The van der Waals surface area contributed by atoms with Crippen LogP contribution in [0.5, 0.6) is 0 Å². The van der Waals surface area contributed by atoms with Gasteiger partial charge in [0.1, 0.15) is 8.30 Å². The molecule has 2 nitrogen and oxygen atoms in total. The molecule has 0 saturated heterocycles. The number of benzene rings is 2. The summed E-state index contributed by atoms with van der Waals surface area (Å²) in [4.78, 5) is 0. The zero-order valence-corrected chi connectivity index (χ0v) is 12.3. The lowest BCUT2D eigenvalue weighted by atomic mass is 10.2. The van der Waals surface area contributed by atoms with Gasteiger partial charge in [0.25, 0.3) is 0 Å². The summed E-state index contributed by atoms with van der Waals surface area (Å²) in [6.45, 7) is 4.97. The molecule has 0 fully saturated rings. The van der Waals surface area contributed by atoms with Crippen LogP contribution < -0.4 is 10.4 Å². The van der Waals surface area contributed by atoms with Crippen LogP contribution in [0.3, 0.4) is 0 Å². The maximum atomic E-state index is 6.01. The van der Waals surface area contributed by atoms with Gasteiger partial charge in [0.2, 0.25) is 0 Å². The minimum absolute atomic E-state index is 0.217. The predicted molar refractivity (Wildman–Crippen MR) is 82.5 cm³/mol. The van der Waals surface area contributed by atoms with Gasteiger partial charge in [-0.1, -0.05) is 60.7 Å². The van der Waals surface area contributed by atoms with Gasteiger partial charge < -0.3 is 4.52 Å². The van der Waals surface area contributed by atoms with Crippen LogP contribution in [-0.4, -0.2) is 6.10 Å². The Morgan fingerprint density at radius 2 is 1.53 bits per heavy atom. The van der Waals surface area contributed by atoms with Crippen molar-refractivity contribution in [1.29, 1.82) is 0 Å². The topological polar surface area (TPSA) is 21.3 Å². The van der Waals surface area contributed by atoms with Gasteiger partial charge in [-0.05, 0) is 19.4 Å². The molecule has 0 saturated carbocycles. The predicted octanol–water partition coefficient (Wildman–Crippen LogP) is 3.84. The van der Waals surface area contributed by atoms with E-state index in [1.165, 1.54) is 10.9 Å². The minimum atomic E-state index is -0.769. The molecule has 19 heavy (non-hydrogen) atoms. The van der Waals surface area contributed by atoms with Gasteiger partial charge in [0.05, 0.1) is 6.10 Å². The second kappa shape index (κ2) is 7.40. The third kappa shape index (κ3) is 4.76. The van der Waals surface area contributed by atoms with Crippen molar-refractivity contribution in [3.8, 4) is 0 Å². The Morgan fingerprint density at radius 1 is 0.947 bits per heavy atom. The first kappa shape index (κ1) is 14.2. The van der Waals surface area contributed by atoms with Crippen molar-refractivity contribution in [1.82, 2.24) is 5.09 Å². The zero-order valence-electron chi connectivity index (χ0n) is 11.4. The second-order valence-corrected chi connectivity index (χ2v) is 6.24. The maximum absolute atomic E-state index is 6.01. The monoisotopic (exact) mass is 273 g/mol. The standard InChI is InChI=1S/C16H20NOP/c1-14(2)18-19(16-11-7-4-8-12-16)17-13-15-9-5-3-6-10-15/h3-12,14,17H,13H2,1-2H3. The smallest absolute Gasteiger partial charge is 0.135 e. The van der Waals surface area contributed by atoms with Crippen molar-refractivity contribution in [2.24, 2.45) is 0 Å². The highest BCUT2D eigenvalue weighted by atomic mass is 31.2. The highest BCUT2D eigenvalue weighted by Gasteiger charge is 2.13. The molecule has 1 unspecified atom stereocenters. The molecule has 0 aliphatic rings. The summed E-state index contributed by atoms with van der Waals surface area (Å²) < 4.78 is 6.01. The van der Waals surface area contributed by atoms with Gasteiger partial charge in [0.15, 0.2) is 0 Å². The molecule has 1 atom stereocenters. The van der Waals surface area contributed by atoms with Crippen LogP contribution in [0.15, 0.2) is 60.7 Å². The van der Waals surface area contributed by atoms with Crippen LogP contribution in [0.4, 0.5) is 0 Å². The SMILES string of the molecule is CC(C)OP(NCc1ccccc1)c1ccccc1. The largest absolute Gasteiger partial charge is 0.337 e. The first-order chi connectivity index (χ1) is 9.25. The van der Waals surface area contributed by atoms with Gasteiger partial charge in [0, 0.05) is 11.8 Å². The quantitative estimate of drug-likeness (QED) is 0.807. The third-order valence-electron chi connectivity index (χ3n) is 2.58. The van der Waals surface area contributed by atoms with Crippen LogP contribution in [0.1, 0.15) is 19.4 Å². The summed E-state index contributed by atoms with van der Waals surface area (Å²) in [6, 6.07) is 20.8. The van der Waals surface area contributed by atoms with E-state index in [0.29, 0.717) is 0 Å². The average Bonchev–Trinajstić information content (AvgIpc) is 2.45. The van der Waals surface area contributed by atoms with Gasteiger partial charge in [-0.25, -0.2) is 0 Å². The van der Waals surface area contributed by atoms with Crippen LogP contribution >= 0.6 is 8.30 Å². The second-order valence-electron chi connectivity index (χ2n) is 4.60. The fraction of sp³-hybridized carbons (Fsp3) is 0.250. The Hall–Kier alpha value is -1.21. The molecule has 1 N–H and O–H groups in total. The molecule has 0 heterocycles. The van der Waals surface area contributed by atoms with Crippen molar-refractivity contribution < 1.29 is 4.52 Å². The molecular weight excluding hydrogens is 253 g/mol. The fourth-order valence-electron chi connectivity index (χ4n) is 1.72. The van der Waals surface area contributed by atoms with E-state index in [9.17, 15) is 0 Å². The summed E-state index contributed by atoms with van der Waals surface area (Å²) in [7, 11) is -0.769. The average molecular weight is 273 g/mol. The Labute approximate surface area is 116 Å². The highest BCUT2D eigenvalue weighted by molar-refractivity contribution is 7.58. The number of rotatable bonds is 6. The van der Waals surface area contributed by atoms with E-state index in [0.717, 1.165) is 6.54 Å². The number of nitrogens with one attached hydrogen (secondary N) is 1. The lowest BCUT2D eigenvalue weighted by Gasteiger charge is -2.21. The summed E-state index contributed by atoms with van der Waals surface area (Å²) in [5, 5.41) is 4.75. The van der Waals surface area contributed by atoms with E-state index in [2.05, 4.69) is 67.5 Å². The highest BCUT2D eigenvalue weighted by Crippen LogP contribution is 2.33. The lowest BCUT2D eigenvalue weighted by molar-refractivity contribution is 0.270. The van der Waals surface area contributed by atoms with E-state index >= 15 is 0 Å². The fourth-order valence-corrected chi connectivity index (χ4v) is 3.29. The van der Waals surface area contributed by atoms with E-state index < -0.39 is 8.30 Å². The lowest BCUT2D eigenvalue weighted by Crippen LogP contribution is -2.19. The maximum Gasteiger partial charge on any atom is 0.135 e. The third-order valence-corrected chi connectivity index (χ3v) is 4.42. The van der Waals surface area contributed by atoms with Crippen molar-refractivity contribution in [3.05, 3.63) is 66.2 Å². The molecule has 2 aromatic rings. The van der Waals surface area contributed by atoms with E-state index in [1.54, 1.807) is 0 Å². The van der Waals surface area contributed by atoms with Crippen molar-refractivity contribution in [2.75, 3.05) is 0 Å². The molecule has 0 amide bonds. The van der Waals surface area contributed by atoms with Crippen LogP contribution in [0, 0.1) is 0 Å². The Balaban J connectivity index is 2.02. The molecule has 100 valence electrons. The summed E-state index contributed by atoms with van der Waals surface area (Å²) in [5.41, 5.74) is 1.28.